The molecule has 0 atom stereocenters. The normalized spacial score (nSPS) is 16.6. The maximum absolute atomic E-state index is 5.53. The highest BCUT2D eigenvalue weighted by atomic mass is 35.5. The van der Waals surface area contributed by atoms with Crippen molar-refractivity contribution in [3.8, 4) is 11.5 Å². The summed E-state index contributed by atoms with van der Waals surface area (Å²) in [5.41, 5.74) is 4.05. The van der Waals surface area contributed by atoms with E-state index in [2.05, 4.69) is 52.5 Å². The number of fused-ring (bicyclic) bond motifs is 2. The summed E-state index contributed by atoms with van der Waals surface area (Å²) in [4.78, 5) is 0. The zero-order chi connectivity index (χ0) is 16.6. The summed E-state index contributed by atoms with van der Waals surface area (Å²) in [6.07, 6.45) is 4.81. The first-order valence-corrected chi connectivity index (χ1v) is 9.05. The highest BCUT2D eigenvalue weighted by Crippen LogP contribution is 2.35. The van der Waals surface area contributed by atoms with Gasteiger partial charge in [0, 0.05) is 23.6 Å². The van der Waals surface area contributed by atoms with Crippen molar-refractivity contribution in [2.24, 2.45) is 0 Å². The highest BCUT2D eigenvalue weighted by molar-refractivity contribution is 5.85. The van der Waals surface area contributed by atoms with E-state index in [1.807, 2.05) is 6.07 Å². The number of hydrogen-bond donors (Lipinski definition) is 1. The number of nitrogens with zero attached hydrogens (tertiary/aromatic N) is 1. The van der Waals surface area contributed by atoms with Gasteiger partial charge in [0.25, 0.3) is 0 Å². The van der Waals surface area contributed by atoms with E-state index in [1.54, 1.807) is 0 Å². The lowest BCUT2D eigenvalue weighted by molar-refractivity contribution is 0.174. The van der Waals surface area contributed by atoms with Gasteiger partial charge in [-0.15, -0.1) is 12.4 Å². The Morgan fingerprint density at radius 3 is 2.69 bits per heavy atom. The number of hydrogen-bond acceptors (Lipinski definition) is 3. The van der Waals surface area contributed by atoms with Crippen LogP contribution in [0.1, 0.15) is 29.9 Å². The Bertz CT molecular complexity index is 916. The van der Waals surface area contributed by atoms with Gasteiger partial charge in [0.1, 0.15) is 0 Å². The standard InChI is InChI=1S/C21H22N2O2.ClH/c1-2-4-19-17(3-1)18(16-7-9-22-10-8-16)13-23(19)12-15-5-6-20-21(11-15)25-14-24-20;/h1-6,11,13,16,22H,7-10,12,14H2;1H. The molecule has 5 rings (SSSR count). The lowest BCUT2D eigenvalue weighted by Crippen LogP contribution is -2.26. The molecule has 0 unspecified atom stereocenters. The summed E-state index contributed by atoms with van der Waals surface area (Å²) in [5, 5.41) is 4.87. The molecule has 1 saturated heterocycles. The number of nitrogens with one attached hydrogen (secondary N) is 1. The molecule has 2 aliphatic rings. The van der Waals surface area contributed by atoms with E-state index >= 15 is 0 Å². The van der Waals surface area contributed by atoms with Crippen LogP contribution >= 0.6 is 12.4 Å². The van der Waals surface area contributed by atoms with Gasteiger partial charge in [0.2, 0.25) is 6.79 Å². The van der Waals surface area contributed by atoms with Crippen molar-refractivity contribution in [2.75, 3.05) is 19.9 Å². The molecule has 3 aromatic rings. The molecule has 0 radical (unpaired) electrons. The molecule has 2 aromatic carbocycles. The van der Waals surface area contributed by atoms with Gasteiger partial charge >= 0.3 is 0 Å². The average Bonchev–Trinajstić information content (AvgIpc) is 3.27. The van der Waals surface area contributed by atoms with Gasteiger partial charge < -0.3 is 19.4 Å². The van der Waals surface area contributed by atoms with Crippen molar-refractivity contribution in [2.45, 2.75) is 25.3 Å². The second-order valence-corrected chi connectivity index (χ2v) is 6.94. The van der Waals surface area contributed by atoms with Crippen LogP contribution in [0.3, 0.4) is 0 Å². The molecule has 1 fully saturated rings. The number of aromatic nitrogens is 1. The first-order valence-electron chi connectivity index (χ1n) is 9.05. The van der Waals surface area contributed by atoms with Gasteiger partial charge in [0.05, 0.1) is 0 Å². The van der Waals surface area contributed by atoms with Gasteiger partial charge in [-0.05, 0) is 61.2 Å². The van der Waals surface area contributed by atoms with E-state index in [-0.39, 0.29) is 12.4 Å². The fraction of sp³-hybridized carbons (Fsp3) is 0.333. The summed E-state index contributed by atoms with van der Waals surface area (Å²) in [7, 11) is 0. The smallest absolute Gasteiger partial charge is 0.231 e. The van der Waals surface area contributed by atoms with Crippen molar-refractivity contribution >= 4 is 23.3 Å². The first-order chi connectivity index (χ1) is 12.4. The Kier molecular flexibility index (Phi) is 4.79. The minimum atomic E-state index is 0. The fourth-order valence-electron chi connectivity index (χ4n) is 4.10. The van der Waals surface area contributed by atoms with Crippen LogP contribution in [-0.2, 0) is 6.54 Å². The van der Waals surface area contributed by atoms with E-state index < -0.39 is 0 Å². The summed E-state index contributed by atoms with van der Waals surface area (Å²) < 4.78 is 13.3. The molecule has 0 aliphatic carbocycles. The zero-order valence-corrected chi connectivity index (χ0v) is 15.4. The Balaban J connectivity index is 0.00000168. The van der Waals surface area contributed by atoms with Gasteiger partial charge in [0.15, 0.2) is 11.5 Å². The zero-order valence-electron chi connectivity index (χ0n) is 14.6. The third-order valence-electron chi connectivity index (χ3n) is 5.39. The first kappa shape index (κ1) is 17.3. The maximum Gasteiger partial charge on any atom is 0.231 e. The molecule has 4 nitrogen and oxygen atoms in total. The fourth-order valence-corrected chi connectivity index (χ4v) is 4.10. The van der Waals surface area contributed by atoms with E-state index in [1.165, 1.54) is 34.9 Å². The van der Waals surface area contributed by atoms with Crippen LogP contribution in [0.15, 0.2) is 48.7 Å². The number of rotatable bonds is 3. The predicted molar refractivity (Wildman–Crippen MR) is 106 cm³/mol. The third kappa shape index (κ3) is 3.04. The summed E-state index contributed by atoms with van der Waals surface area (Å²) in [6.45, 7) is 3.41. The van der Waals surface area contributed by atoms with Crippen LogP contribution in [0.25, 0.3) is 10.9 Å². The molecule has 1 aromatic heterocycles. The lowest BCUT2D eigenvalue weighted by atomic mass is 9.90. The van der Waals surface area contributed by atoms with Crippen LogP contribution in [-0.4, -0.2) is 24.4 Å². The van der Waals surface area contributed by atoms with Gasteiger partial charge in [-0.2, -0.15) is 0 Å². The van der Waals surface area contributed by atoms with Crippen LogP contribution in [0.4, 0.5) is 0 Å². The third-order valence-corrected chi connectivity index (χ3v) is 5.39. The van der Waals surface area contributed by atoms with E-state index in [4.69, 9.17) is 9.47 Å². The second-order valence-electron chi connectivity index (χ2n) is 6.94. The Hall–Kier alpha value is -2.17. The summed E-state index contributed by atoms with van der Waals surface area (Å²) in [5.74, 6) is 2.35. The Labute approximate surface area is 159 Å². The van der Waals surface area contributed by atoms with Crippen LogP contribution in [0.5, 0.6) is 11.5 Å². The molecule has 1 N–H and O–H groups in total. The number of para-hydroxylation sites is 1. The quantitative estimate of drug-likeness (QED) is 0.746. The van der Waals surface area contributed by atoms with Crippen LogP contribution in [0.2, 0.25) is 0 Å². The number of piperidine rings is 1. The predicted octanol–water partition coefficient (Wildman–Crippen LogP) is 4.31. The van der Waals surface area contributed by atoms with E-state index in [9.17, 15) is 0 Å². The Morgan fingerprint density at radius 1 is 1.00 bits per heavy atom. The molecule has 0 saturated carbocycles. The SMILES string of the molecule is Cl.c1ccc2c(c1)c(C1CCNCC1)cn2Cc1ccc2c(c1)OCO2. The van der Waals surface area contributed by atoms with Gasteiger partial charge in [-0.3, -0.25) is 0 Å². The molecule has 136 valence electrons. The number of ether oxygens (including phenoxy) is 2. The summed E-state index contributed by atoms with van der Waals surface area (Å²) in [6, 6.07) is 15.0. The van der Waals surface area contributed by atoms with Crippen molar-refractivity contribution < 1.29 is 9.47 Å². The largest absolute Gasteiger partial charge is 0.454 e. The second kappa shape index (κ2) is 7.22. The highest BCUT2D eigenvalue weighted by Gasteiger charge is 2.20. The van der Waals surface area contributed by atoms with Gasteiger partial charge in [-0.1, -0.05) is 24.3 Å². The molecule has 0 amide bonds. The molecule has 0 spiro atoms. The van der Waals surface area contributed by atoms with E-state index in [0.29, 0.717) is 12.7 Å². The van der Waals surface area contributed by atoms with Crippen LogP contribution in [0, 0.1) is 0 Å². The van der Waals surface area contributed by atoms with Crippen LogP contribution < -0.4 is 14.8 Å². The van der Waals surface area contributed by atoms with Crippen molar-refractivity contribution in [1.29, 1.82) is 0 Å². The molecular weight excluding hydrogens is 348 g/mol. The van der Waals surface area contributed by atoms with Crippen molar-refractivity contribution in [3.63, 3.8) is 0 Å². The van der Waals surface area contributed by atoms with Crippen molar-refractivity contribution in [1.82, 2.24) is 9.88 Å². The average molecular weight is 371 g/mol. The minimum Gasteiger partial charge on any atom is -0.454 e. The van der Waals surface area contributed by atoms with E-state index in [0.717, 1.165) is 31.1 Å². The lowest BCUT2D eigenvalue weighted by Gasteiger charge is -2.22. The summed E-state index contributed by atoms with van der Waals surface area (Å²) >= 11 is 0. The monoisotopic (exact) mass is 370 g/mol. The maximum atomic E-state index is 5.53. The topological polar surface area (TPSA) is 35.4 Å². The number of benzene rings is 2. The molecule has 0 bridgehead atoms. The molecule has 26 heavy (non-hydrogen) atoms. The molecule has 3 heterocycles. The van der Waals surface area contributed by atoms with Gasteiger partial charge in [-0.25, -0.2) is 0 Å². The minimum absolute atomic E-state index is 0. The molecular formula is C21H23ClN2O2. The Morgan fingerprint density at radius 2 is 1.81 bits per heavy atom. The number of halogens is 1. The van der Waals surface area contributed by atoms with Crippen molar-refractivity contribution in [3.05, 3.63) is 59.8 Å². The molecule has 5 heteroatoms. The molecule has 2 aliphatic heterocycles.